The van der Waals surface area contributed by atoms with E-state index in [1.54, 1.807) is 12.3 Å². The Morgan fingerprint density at radius 1 is 1.35 bits per heavy atom. The molecule has 1 aromatic carbocycles. The van der Waals surface area contributed by atoms with E-state index in [-0.39, 0.29) is 11.8 Å². The molecule has 1 heterocycles. The molecule has 2 rings (SSSR count). The molecule has 5 nitrogen and oxygen atoms in total. The van der Waals surface area contributed by atoms with Crippen LogP contribution in [0.5, 0.6) is 0 Å². The first-order valence-corrected chi connectivity index (χ1v) is 9.16. The lowest BCUT2D eigenvalue weighted by Gasteiger charge is -2.16. The van der Waals surface area contributed by atoms with Crippen LogP contribution in [-0.2, 0) is 6.42 Å². The summed E-state index contributed by atoms with van der Waals surface area (Å²) in [5.41, 5.74) is 9.80. The summed E-state index contributed by atoms with van der Waals surface area (Å²) >= 11 is 0. The highest BCUT2D eigenvalue weighted by atomic mass is 19.2. The van der Waals surface area contributed by atoms with E-state index in [1.807, 2.05) is 20.8 Å². The molecule has 0 saturated carbocycles. The quantitative estimate of drug-likeness (QED) is 0.484. The Morgan fingerprint density at radius 3 is 2.77 bits per heavy atom. The predicted octanol–water partition coefficient (Wildman–Crippen LogP) is 3.78. The molecule has 26 heavy (non-hydrogen) atoms. The van der Waals surface area contributed by atoms with Gasteiger partial charge < -0.3 is 11.2 Å². The minimum absolute atomic E-state index is 0.193. The molecule has 0 amide bonds. The van der Waals surface area contributed by atoms with Crippen molar-refractivity contribution >= 4 is 17.9 Å². The standard InChI is InChI=1S/C17H23F2N5.C2H6/c1-3-4-8-21-16(20)17-22-10-11(2)12-5-6-14(18)15(19)13(12)7-9-23-24-17;1-2/h5-6,10-11,23H,3-4,7-9H2,1-2H3,(H2,20,21);1-2H3/b22-10?,24-17-;. The number of hydrogen-bond donors (Lipinski definition) is 2. The van der Waals surface area contributed by atoms with E-state index in [9.17, 15) is 8.78 Å². The number of hydrazone groups is 1. The van der Waals surface area contributed by atoms with Gasteiger partial charge in [-0.25, -0.2) is 13.8 Å². The summed E-state index contributed by atoms with van der Waals surface area (Å²) in [5.74, 6) is -1.26. The number of halogens is 2. The summed E-state index contributed by atoms with van der Waals surface area (Å²) in [6.07, 6.45) is 3.92. The van der Waals surface area contributed by atoms with Crippen LogP contribution in [0.2, 0.25) is 0 Å². The van der Waals surface area contributed by atoms with Crippen molar-refractivity contribution in [2.45, 2.75) is 52.9 Å². The largest absolute Gasteiger partial charge is 0.381 e. The second kappa shape index (κ2) is 11.3. The second-order valence-electron chi connectivity index (χ2n) is 5.71. The summed E-state index contributed by atoms with van der Waals surface area (Å²) in [6, 6.07) is 2.74. The van der Waals surface area contributed by atoms with E-state index < -0.39 is 11.6 Å². The number of benzene rings is 1. The zero-order valence-corrected chi connectivity index (χ0v) is 16.0. The smallest absolute Gasteiger partial charge is 0.213 e. The average molecular weight is 365 g/mol. The number of nitrogens with one attached hydrogen (secondary N) is 1. The normalized spacial score (nSPS) is 19.4. The van der Waals surface area contributed by atoms with Crippen molar-refractivity contribution in [1.29, 1.82) is 0 Å². The average Bonchev–Trinajstić information content (AvgIpc) is 2.65. The maximum atomic E-state index is 14.1. The number of rotatable bonds is 4. The number of nitrogens with zero attached hydrogens (tertiary/aromatic N) is 3. The van der Waals surface area contributed by atoms with E-state index in [2.05, 4.69) is 27.4 Å². The number of unbranched alkanes of at least 4 members (excludes halogenated alkanes) is 1. The minimum atomic E-state index is -0.841. The Balaban J connectivity index is 0.00000163. The predicted molar refractivity (Wildman–Crippen MR) is 105 cm³/mol. The molecule has 3 N–H and O–H groups in total. The van der Waals surface area contributed by atoms with Crippen molar-refractivity contribution in [2.75, 3.05) is 13.1 Å². The van der Waals surface area contributed by atoms with E-state index in [0.29, 0.717) is 36.5 Å². The first-order valence-electron chi connectivity index (χ1n) is 9.16. The number of aliphatic imine (C=N–C) groups is 2. The van der Waals surface area contributed by atoms with Crippen LogP contribution in [-0.4, -0.2) is 31.0 Å². The highest BCUT2D eigenvalue weighted by Crippen LogP contribution is 2.24. The van der Waals surface area contributed by atoms with Gasteiger partial charge in [-0.3, -0.25) is 4.99 Å². The van der Waals surface area contributed by atoms with Gasteiger partial charge in [-0.05, 0) is 30.0 Å². The third-order valence-corrected chi connectivity index (χ3v) is 3.84. The van der Waals surface area contributed by atoms with Gasteiger partial charge >= 0.3 is 0 Å². The van der Waals surface area contributed by atoms with Crippen molar-refractivity contribution in [1.82, 2.24) is 5.43 Å². The summed E-state index contributed by atoms with van der Waals surface area (Å²) in [7, 11) is 0. The fourth-order valence-electron chi connectivity index (χ4n) is 2.44. The van der Waals surface area contributed by atoms with Crippen LogP contribution in [0, 0.1) is 11.6 Å². The van der Waals surface area contributed by atoms with E-state index in [1.165, 1.54) is 0 Å². The van der Waals surface area contributed by atoms with Crippen LogP contribution in [0.3, 0.4) is 0 Å². The molecule has 1 aliphatic heterocycles. The second-order valence-corrected chi connectivity index (χ2v) is 5.71. The van der Waals surface area contributed by atoms with Crippen LogP contribution in [0.15, 0.2) is 27.2 Å². The zero-order chi connectivity index (χ0) is 19.5. The van der Waals surface area contributed by atoms with Crippen LogP contribution in [0.4, 0.5) is 8.78 Å². The molecular formula is C19H29F2N5. The summed E-state index contributed by atoms with van der Waals surface area (Å²) in [6.45, 7) is 8.92. The third-order valence-electron chi connectivity index (χ3n) is 3.84. The fourth-order valence-corrected chi connectivity index (χ4v) is 2.44. The van der Waals surface area contributed by atoms with Gasteiger partial charge in [0.05, 0.1) is 0 Å². The molecule has 0 bridgehead atoms. The van der Waals surface area contributed by atoms with Gasteiger partial charge in [0.2, 0.25) is 5.84 Å². The molecule has 0 spiro atoms. The zero-order valence-electron chi connectivity index (χ0n) is 16.0. The van der Waals surface area contributed by atoms with Crippen molar-refractivity contribution in [3.63, 3.8) is 0 Å². The van der Waals surface area contributed by atoms with Gasteiger partial charge in [0.1, 0.15) is 0 Å². The minimum Gasteiger partial charge on any atom is -0.381 e. The van der Waals surface area contributed by atoms with Gasteiger partial charge in [-0.15, -0.1) is 0 Å². The van der Waals surface area contributed by atoms with Crippen LogP contribution >= 0.6 is 0 Å². The molecule has 0 radical (unpaired) electrons. The Labute approximate surface area is 154 Å². The van der Waals surface area contributed by atoms with Gasteiger partial charge in [-0.1, -0.05) is 40.2 Å². The molecule has 0 aliphatic carbocycles. The molecule has 1 atom stereocenters. The molecule has 0 aromatic heterocycles. The highest BCUT2D eigenvalue weighted by molar-refractivity contribution is 6.41. The highest BCUT2D eigenvalue weighted by Gasteiger charge is 2.18. The topological polar surface area (TPSA) is 75.1 Å². The van der Waals surface area contributed by atoms with Crippen LogP contribution in [0.25, 0.3) is 0 Å². The lowest BCUT2D eigenvalue weighted by Crippen LogP contribution is -2.27. The molecule has 0 fully saturated rings. The van der Waals surface area contributed by atoms with Crippen LogP contribution < -0.4 is 11.2 Å². The summed E-state index contributed by atoms with van der Waals surface area (Å²) in [5, 5.41) is 4.12. The lowest BCUT2D eigenvalue weighted by atomic mass is 9.94. The maximum absolute atomic E-state index is 14.1. The number of hydrogen-bond acceptors (Lipinski definition) is 4. The molecular weight excluding hydrogens is 336 g/mol. The lowest BCUT2D eigenvalue weighted by molar-refractivity contribution is 0.494. The molecule has 7 heteroatoms. The Hall–Kier alpha value is -2.31. The molecule has 1 unspecified atom stereocenters. The Bertz CT molecular complexity index is 668. The summed E-state index contributed by atoms with van der Waals surface area (Å²) < 4.78 is 27.5. The van der Waals surface area contributed by atoms with Gasteiger partial charge in [0.15, 0.2) is 17.5 Å². The third kappa shape index (κ3) is 5.89. The van der Waals surface area contributed by atoms with Gasteiger partial charge in [0.25, 0.3) is 0 Å². The SMILES string of the molecule is CC.CCCCN=C(N)/C1=N/NCCc2c(ccc(F)c2F)C(C)C=N1. The van der Waals surface area contributed by atoms with E-state index in [0.717, 1.165) is 18.9 Å². The van der Waals surface area contributed by atoms with Gasteiger partial charge in [0, 0.05) is 25.2 Å². The molecule has 1 aliphatic rings. The monoisotopic (exact) mass is 365 g/mol. The van der Waals surface area contributed by atoms with Crippen molar-refractivity contribution < 1.29 is 8.78 Å². The fraction of sp³-hybridized carbons (Fsp3) is 0.526. The Kier molecular flexibility index (Phi) is 9.47. The number of nitrogens with two attached hydrogens (primary N) is 1. The van der Waals surface area contributed by atoms with Crippen molar-refractivity contribution in [3.8, 4) is 0 Å². The molecule has 144 valence electrons. The van der Waals surface area contributed by atoms with E-state index >= 15 is 0 Å². The first kappa shape index (κ1) is 21.7. The van der Waals surface area contributed by atoms with Gasteiger partial charge in [-0.2, -0.15) is 5.10 Å². The first-order chi connectivity index (χ1) is 12.5. The Morgan fingerprint density at radius 2 is 2.08 bits per heavy atom. The van der Waals surface area contributed by atoms with Crippen LogP contribution in [0.1, 0.15) is 57.6 Å². The number of fused-ring (bicyclic) bond motifs is 1. The number of amidine groups is 2. The summed E-state index contributed by atoms with van der Waals surface area (Å²) in [4.78, 5) is 8.55. The van der Waals surface area contributed by atoms with Crippen molar-refractivity contribution in [2.24, 2.45) is 20.8 Å². The molecule has 1 aromatic rings. The van der Waals surface area contributed by atoms with Crippen molar-refractivity contribution in [3.05, 3.63) is 34.9 Å². The van der Waals surface area contributed by atoms with E-state index in [4.69, 9.17) is 5.73 Å². The maximum Gasteiger partial charge on any atom is 0.213 e. The molecule has 0 saturated heterocycles.